The Labute approximate surface area is 180 Å². The van der Waals surface area contributed by atoms with Crippen LogP contribution in [0.5, 0.6) is 0 Å². The van der Waals surface area contributed by atoms with E-state index in [0.29, 0.717) is 23.7 Å². The van der Waals surface area contributed by atoms with Gasteiger partial charge in [0, 0.05) is 43.3 Å². The maximum Gasteiger partial charge on any atom is 0.412 e. The molecule has 1 amide bonds. The SMILES string of the molecule is C=CS(=O)(=O)N1CCN(c2cc(-c3cc(NC(=O)OC)ncc3C)cc(=O)[nH]2)[C@@H](C)C1. The lowest BCUT2D eigenvalue weighted by molar-refractivity contribution is 0.187. The third-order valence-corrected chi connectivity index (χ3v) is 6.60. The maximum atomic E-state index is 12.4. The summed E-state index contributed by atoms with van der Waals surface area (Å²) in [6.07, 6.45) is 0.957. The number of carbonyl (C=O) groups excluding carboxylic acids is 1. The van der Waals surface area contributed by atoms with Crippen LogP contribution >= 0.6 is 0 Å². The number of hydrogen-bond donors (Lipinski definition) is 2. The normalized spacial score (nSPS) is 17.3. The van der Waals surface area contributed by atoms with Crippen molar-refractivity contribution < 1.29 is 17.9 Å². The summed E-state index contributed by atoms with van der Waals surface area (Å²) < 4.78 is 30.2. The van der Waals surface area contributed by atoms with Crippen LogP contribution in [0.15, 0.2) is 41.2 Å². The number of nitrogens with zero attached hydrogens (tertiary/aromatic N) is 3. The molecule has 1 aliphatic rings. The van der Waals surface area contributed by atoms with E-state index in [9.17, 15) is 18.0 Å². The van der Waals surface area contributed by atoms with Gasteiger partial charge in [-0.1, -0.05) is 6.58 Å². The number of methoxy groups -OCH3 is 1. The van der Waals surface area contributed by atoms with E-state index in [0.717, 1.165) is 16.5 Å². The Bertz CT molecular complexity index is 1160. The summed E-state index contributed by atoms with van der Waals surface area (Å²) in [4.78, 5) is 32.9. The number of anilines is 2. The van der Waals surface area contributed by atoms with E-state index in [4.69, 9.17) is 0 Å². The van der Waals surface area contributed by atoms with Crippen molar-refractivity contribution in [2.75, 3.05) is 37.0 Å². The molecule has 0 unspecified atom stereocenters. The van der Waals surface area contributed by atoms with Crippen molar-refractivity contribution in [3.8, 4) is 11.1 Å². The number of piperazine rings is 1. The average molecular weight is 448 g/mol. The van der Waals surface area contributed by atoms with Gasteiger partial charge in [0.2, 0.25) is 15.6 Å². The Hall–Kier alpha value is -3.18. The molecule has 1 aliphatic heterocycles. The molecule has 3 rings (SSSR count). The van der Waals surface area contributed by atoms with E-state index in [1.165, 1.54) is 17.5 Å². The lowest BCUT2D eigenvalue weighted by Gasteiger charge is -2.39. The number of pyridine rings is 2. The summed E-state index contributed by atoms with van der Waals surface area (Å²) >= 11 is 0. The van der Waals surface area contributed by atoms with Crippen LogP contribution in [0.25, 0.3) is 11.1 Å². The number of nitrogens with one attached hydrogen (secondary N) is 2. The van der Waals surface area contributed by atoms with Crippen molar-refractivity contribution in [3.05, 3.63) is 52.3 Å². The third kappa shape index (κ3) is 4.94. The first-order chi connectivity index (χ1) is 14.6. The van der Waals surface area contributed by atoms with Crippen molar-refractivity contribution in [2.45, 2.75) is 19.9 Å². The van der Waals surface area contributed by atoms with Gasteiger partial charge in [-0.15, -0.1) is 0 Å². The Morgan fingerprint density at radius 2 is 2.10 bits per heavy atom. The number of carbonyl (C=O) groups is 1. The summed E-state index contributed by atoms with van der Waals surface area (Å²) in [5.41, 5.74) is 1.91. The predicted octanol–water partition coefficient (Wildman–Crippen LogP) is 1.91. The third-order valence-electron chi connectivity index (χ3n) is 5.13. The molecule has 0 radical (unpaired) electrons. The van der Waals surface area contributed by atoms with Crippen LogP contribution in [0, 0.1) is 6.92 Å². The molecule has 2 N–H and O–H groups in total. The lowest BCUT2D eigenvalue weighted by atomic mass is 10.0. The van der Waals surface area contributed by atoms with Gasteiger partial charge in [0.05, 0.1) is 7.11 Å². The number of rotatable bonds is 5. The molecule has 31 heavy (non-hydrogen) atoms. The fraction of sp³-hybridized carbons (Fsp3) is 0.350. The number of hydrogen-bond acceptors (Lipinski definition) is 7. The second kappa shape index (κ2) is 8.90. The highest BCUT2D eigenvalue weighted by Crippen LogP contribution is 2.28. The van der Waals surface area contributed by atoms with E-state index in [1.54, 1.807) is 12.3 Å². The van der Waals surface area contributed by atoms with E-state index >= 15 is 0 Å². The molecule has 2 aromatic heterocycles. The molecule has 0 spiro atoms. The van der Waals surface area contributed by atoms with Crippen molar-refractivity contribution >= 4 is 27.8 Å². The molecule has 1 fully saturated rings. The van der Waals surface area contributed by atoms with Crippen LogP contribution in [-0.4, -0.2) is 61.6 Å². The molecule has 166 valence electrons. The molecule has 2 aromatic rings. The topological polar surface area (TPSA) is 125 Å². The maximum absolute atomic E-state index is 12.4. The Morgan fingerprint density at radius 1 is 1.35 bits per heavy atom. The molecule has 1 atom stereocenters. The number of ether oxygens (including phenoxy) is 1. The standard InChI is InChI=1S/C20H25N5O5S/c1-5-31(28,29)24-6-7-25(14(3)12-24)18-8-15(9-19(26)23-18)16-10-17(21-11-13(16)2)22-20(27)30-4/h5,8-11,14H,1,6-7,12H2,2-4H3,(H,23,26)(H,21,22,27)/t14-/m0/s1. The van der Waals surface area contributed by atoms with Gasteiger partial charge in [-0.05, 0) is 42.7 Å². The monoisotopic (exact) mass is 447 g/mol. The zero-order valence-electron chi connectivity index (χ0n) is 17.6. The lowest BCUT2D eigenvalue weighted by Crippen LogP contribution is -2.53. The predicted molar refractivity (Wildman–Crippen MR) is 119 cm³/mol. The summed E-state index contributed by atoms with van der Waals surface area (Å²) in [5.74, 6) is 0.884. The van der Waals surface area contributed by atoms with Crippen molar-refractivity contribution in [3.63, 3.8) is 0 Å². The number of aromatic nitrogens is 2. The van der Waals surface area contributed by atoms with Crippen molar-refractivity contribution in [1.82, 2.24) is 14.3 Å². The van der Waals surface area contributed by atoms with Crippen LogP contribution in [0.2, 0.25) is 0 Å². The minimum absolute atomic E-state index is 0.163. The second-order valence-corrected chi connectivity index (χ2v) is 9.11. The molecule has 3 heterocycles. The Balaban J connectivity index is 1.93. The molecule has 10 nitrogen and oxygen atoms in total. The molecule has 0 bridgehead atoms. The van der Waals surface area contributed by atoms with Gasteiger partial charge < -0.3 is 14.6 Å². The van der Waals surface area contributed by atoms with Gasteiger partial charge in [0.25, 0.3) is 0 Å². The van der Waals surface area contributed by atoms with Crippen LogP contribution in [0.4, 0.5) is 16.4 Å². The van der Waals surface area contributed by atoms with Gasteiger partial charge in [-0.25, -0.2) is 18.2 Å². The highest BCUT2D eigenvalue weighted by Gasteiger charge is 2.30. The van der Waals surface area contributed by atoms with Crippen LogP contribution < -0.4 is 15.8 Å². The highest BCUT2D eigenvalue weighted by molar-refractivity contribution is 7.92. The summed E-state index contributed by atoms with van der Waals surface area (Å²) in [6, 6.07) is 4.81. The van der Waals surface area contributed by atoms with Gasteiger partial charge in [0.15, 0.2) is 0 Å². The van der Waals surface area contributed by atoms with Crippen LogP contribution in [-0.2, 0) is 14.8 Å². The van der Waals surface area contributed by atoms with E-state index < -0.39 is 16.1 Å². The summed E-state index contributed by atoms with van der Waals surface area (Å²) in [5, 5.41) is 3.46. The number of sulfonamides is 1. The molecule has 0 saturated carbocycles. The first-order valence-corrected chi connectivity index (χ1v) is 11.1. The van der Waals surface area contributed by atoms with E-state index in [-0.39, 0.29) is 24.7 Å². The van der Waals surface area contributed by atoms with Gasteiger partial charge in [-0.2, -0.15) is 4.31 Å². The van der Waals surface area contributed by atoms with E-state index in [2.05, 4.69) is 26.6 Å². The fourth-order valence-electron chi connectivity index (χ4n) is 3.52. The second-order valence-electron chi connectivity index (χ2n) is 7.23. The molecule has 0 aromatic carbocycles. The Kier molecular flexibility index (Phi) is 6.46. The summed E-state index contributed by atoms with van der Waals surface area (Å²) in [6.45, 7) is 8.10. The molecule has 11 heteroatoms. The van der Waals surface area contributed by atoms with Gasteiger partial charge in [0.1, 0.15) is 11.6 Å². The Morgan fingerprint density at radius 3 is 2.74 bits per heavy atom. The number of aryl methyl sites for hydroxylation is 1. The quantitative estimate of drug-likeness (QED) is 0.717. The van der Waals surface area contributed by atoms with Gasteiger partial charge in [-0.3, -0.25) is 10.1 Å². The van der Waals surface area contributed by atoms with Crippen LogP contribution in [0.3, 0.4) is 0 Å². The number of H-pyrrole nitrogens is 1. The zero-order chi connectivity index (χ0) is 22.8. The largest absolute Gasteiger partial charge is 0.453 e. The van der Waals surface area contributed by atoms with E-state index in [1.807, 2.05) is 24.8 Å². The van der Waals surface area contributed by atoms with Crippen molar-refractivity contribution in [2.24, 2.45) is 0 Å². The van der Waals surface area contributed by atoms with Gasteiger partial charge >= 0.3 is 6.09 Å². The highest BCUT2D eigenvalue weighted by atomic mass is 32.2. The molecular formula is C20H25N5O5S. The van der Waals surface area contributed by atoms with Crippen LogP contribution in [0.1, 0.15) is 12.5 Å². The minimum Gasteiger partial charge on any atom is -0.453 e. The molecular weight excluding hydrogens is 422 g/mol. The number of aromatic amines is 1. The minimum atomic E-state index is -3.49. The summed E-state index contributed by atoms with van der Waals surface area (Å²) in [7, 11) is -2.24. The fourth-order valence-corrected chi connectivity index (χ4v) is 4.49. The first kappa shape index (κ1) is 22.5. The van der Waals surface area contributed by atoms with Crippen molar-refractivity contribution in [1.29, 1.82) is 0 Å². The molecule has 0 aliphatic carbocycles. The average Bonchev–Trinajstić information content (AvgIpc) is 2.74. The zero-order valence-corrected chi connectivity index (χ0v) is 18.4. The molecule has 1 saturated heterocycles. The number of amides is 1. The first-order valence-electron chi connectivity index (χ1n) is 9.60. The smallest absolute Gasteiger partial charge is 0.412 e.